The number of benzene rings is 7. The van der Waals surface area contributed by atoms with E-state index in [2.05, 4.69) is 231 Å². The van der Waals surface area contributed by atoms with Gasteiger partial charge in [-0.05, 0) is 76.6 Å². The molecule has 1 radical (unpaired) electrons. The Morgan fingerprint density at radius 1 is 0.654 bits per heavy atom. The summed E-state index contributed by atoms with van der Waals surface area (Å²) in [7, 11) is 0. The van der Waals surface area contributed by atoms with Crippen LogP contribution in [0, 0.1) is 18.1 Å². The van der Waals surface area contributed by atoms with E-state index in [4.69, 9.17) is 14.4 Å². The predicted molar refractivity (Wildman–Crippen MR) is 325 cm³/mol. The number of furan rings is 1. The SMILES string of the molecule is CC(c1ccc2c(n1)oc1c(-c3nc4ccc5ccccc5c4n3-c3c(-c4ccccc4)cc(C(C)(C)C)cc3-c3ccccc3)[c-]ccc12)C1CCCC1.[CH3][Ge]([CH3])([CH3])[c]1ccc(-c2[c-]cc(C3CCCCC3)cc2)nc1.[Ir]. The van der Waals surface area contributed by atoms with Crippen molar-refractivity contribution in [3.8, 4) is 50.6 Å². The normalized spacial score (nSPS) is 14.9. The second-order valence-corrected chi connectivity index (χ2v) is 34.7. The van der Waals surface area contributed by atoms with Crippen molar-refractivity contribution < 1.29 is 24.5 Å². The molecule has 0 spiro atoms. The molecule has 1 atom stereocenters. The van der Waals surface area contributed by atoms with Crippen LogP contribution < -0.4 is 4.40 Å². The van der Waals surface area contributed by atoms with E-state index < -0.39 is 13.3 Å². The summed E-state index contributed by atoms with van der Waals surface area (Å²) in [5, 5.41) is 4.34. The quantitative estimate of drug-likeness (QED) is 0.107. The number of hydrogen-bond donors (Lipinski definition) is 0. The molecule has 13 rings (SSSR count). The second kappa shape index (κ2) is 22.4. The van der Waals surface area contributed by atoms with Crippen LogP contribution in [0.5, 0.6) is 0 Å². The Bertz CT molecular complexity index is 3810. The molecule has 0 bridgehead atoms. The van der Waals surface area contributed by atoms with E-state index >= 15 is 0 Å². The zero-order valence-corrected chi connectivity index (χ0v) is 50.8. The van der Waals surface area contributed by atoms with Gasteiger partial charge in [0.1, 0.15) is 0 Å². The molecule has 7 aromatic carbocycles. The van der Waals surface area contributed by atoms with E-state index in [-0.39, 0.29) is 25.5 Å². The number of nitrogens with zero attached hydrogens (tertiary/aromatic N) is 4. The Hall–Kier alpha value is -6.44. The number of rotatable bonds is 9. The van der Waals surface area contributed by atoms with Gasteiger partial charge < -0.3 is 8.98 Å². The third kappa shape index (κ3) is 10.6. The van der Waals surface area contributed by atoms with Crippen LogP contribution in [-0.2, 0) is 25.5 Å². The van der Waals surface area contributed by atoms with Crippen molar-refractivity contribution in [1.29, 1.82) is 0 Å². The summed E-state index contributed by atoms with van der Waals surface area (Å²) < 4.78 is 10.7. The van der Waals surface area contributed by atoms with Crippen molar-refractivity contribution in [1.82, 2.24) is 19.5 Å². The molecule has 2 fully saturated rings. The molecule has 2 aliphatic carbocycles. The van der Waals surface area contributed by atoms with Gasteiger partial charge in [-0.1, -0.05) is 142 Å². The minimum absolute atomic E-state index is 0. The van der Waals surface area contributed by atoms with Gasteiger partial charge in [0.05, 0.1) is 28.1 Å². The van der Waals surface area contributed by atoms with Crippen molar-refractivity contribution in [3.63, 3.8) is 0 Å². The van der Waals surface area contributed by atoms with Gasteiger partial charge in [0.25, 0.3) is 0 Å². The summed E-state index contributed by atoms with van der Waals surface area (Å²) in [6.07, 6.45) is 14.1. The van der Waals surface area contributed by atoms with Crippen molar-refractivity contribution >= 4 is 61.5 Å². The molecule has 395 valence electrons. The van der Waals surface area contributed by atoms with Crippen LogP contribution in [0.25, 0.3) is 94.5 Å². The maximum atomic E-state index is 6.86. The average molecular weight is 1260 g/mol. The van der Waals surface area contributed by atoms with Crippen LogP contribution in [-0.4, -0.2) is 32.8 Å². The molecule has 5 nitrogen and oxygen atoms in total. The summed E-state index contributed by atoms with van der Waals surface area (Å²) in [5.41, 5.74) is 15.8. The van der Waals surface area contributed by atoms with Crippen LogP contribution in [0.4, 0.5) is 0 Å². The number of fused-ring (bicyclic) bond motifs is 6. The summed E-state index contributed by atoms with van der Waals surface area (Å²) in [6.45, 7) is 9.21. The maximum Gasteiger partial charge on any atom is 0 e. The third-order valence-corrected chi connectivity index (χ3v) is 21.1. The van der Waals surface area contributed by atoms with Crippen molar-refractivity contribution in [2.45, 2.75) is 120 Å². The van der Waals surface area contributed by atoms with E-state index in [9.17, 15) is 0 Å². The largest absolute Gasteiger partial charge is 0 e. The Labute approximate surface area is 477 Å². The van der Waals surface area contributed by atoms with E-state index in [0.717, 1.165) is 100 Å². The minimum atomic E-state index is -1.76. The first-order valence-electron chi connectivity index (χ1n) is 28.3. The van der Waals surface area contributed by atoms with Crippen molar-refractivity contribution in [2.24, 2.45) is 5.92 Å². The number of aromatic nitrogens is 4. The Balaban J connectivity index is 0.000000235. The van der Waals surface area contributed by atoms with E-state index in [1.165, 1.54) is 73.3 Å². The van der Waals surface area contributed by atoms with Gasteiger partial charge in [-0.15, -0.1) is 18.2 Å². The van der Waals surface area contributed by atoms with Gasteiger partial charge in [0.15, 0.2) is 0 Å². The van der Waals surface area contributed by atoms with Gasteiger partial charge in [0, 0.05) is 53.6 Å². The number of hydrogen-bond acceptors (Lipinski definition) is 4. The fourth-order valence-electron chi connectivity index (χ4n) is 12.2. The topological polar surface area (TPSA) is 56.7 Å². The first-order chi connectivity index (χ1) is 37.4. The molecule has 4 aromatic heterocycles. The zero-order valence-electron chi connectivity index (χ0n) is 46.3. The maximum absolute atomic E-state index is 6.86. The van der Waals surface area contributed by atoms with E-state index in [1.54, 1.807) is 0 Å². The molecule has 7 heteroatoms. The molecule has 4 heterocycles. The monoisotopic (exact) mass is 1260 g/mol. The summed E-state index contributed by atoms with van der Waals surface area (Å²) >= 11 is -1.76. The van der Waals surface area contributed by atoms with Crippen molar-refractivity contribution in [2.75, 3.05) is 0 Å². The smallest absolute Gasteiger partial charge is 0 e. The number of pyridine rings is 2. The molecule has 2 aliphatic rings. The van der Waals surface area contributed by atoms with E-state index in [1.807, 2.05) is 6.07 Å². The molecule has 0 aliphatic heterocycles. The number of imidazole rings is 1. The van der Waals surface area contributed by atoms with Crippen molar-refractivity contribution in [3.05, 3.63) is 199 Å². The Kier molecular flexibility index (Phi) is 15.4. The average Bonchev–Trinajstić information content (AvgIpc) is 4.37. The Morgan fingerprint density at radius 3 is 1.97 bits per heavy atom. The van der Waals surface area contributed by atoms with E-state index in [0.29, 0.717) is 17.5 Å². The van der Waals surface area contributed by atoms with Gasteiger partial charge in [-0.3, -0.25) is 4.98 Å². The Morgan fingerprint density at radius 2 is 1.33 bits per heavy atom. The molecule has 0 N–H and O–H groups in total. The van der Waals surface area contributed by atoms with Gasteiger partial charge in [0.2, 0.25) is 5.71 Å². The van der Waals surface area contributed by atoms with Gasteiger partial charge in [-0.2, -0.15) is 0 Å². The zero-order chi connectivity index (χ0) is 52.8. The summed E-state index contributed by atoms with van der Waals surface area (Å²) in [5.74, 6) is 9.82. The third-order valence-electron chi connectivity index (χ3n) is 16.8. The van der Waals surface area contributed by atoms with Gasteiger partial charge in [-0.25, -0.2) is 4.98 Å². The second-order valence-electron chi connectivity index (χ2n) is 24.0. The molecule has 2 saturated carbocycles. The van der Waals surface area contributed by atoms with Crippen LogP contribution in [0.15, 0.2) is 174 Å². The first kappa shape index (κ1) is 53.6. The molecular formula is C71H70GeIrN4O-2. The predicted octanol–water partition coefficient (Wildman–Crippen LogP) is 19.0. The van der Waals surface area contributed by atoms with Gasteiger partial charge >= 0.3 is 137 Å². The molecule has 0 amide bonds. The van der Waals surface area contributed by atoms with Crippen LogP contribution in [0.3, 0.4) is 0 Å². The minimum Gasteiger partial charge on any atom is 0 e. The molecule has 78 heavy (non-hydrogen) atoms. The molecule has 1 unspecified atom stereocenters. The van der Waals surface area contributed by atoms with Crippen LogP contribution >= 0.6 is 0 Å². The fourth-order valence-corrected chi connectivity index (χ4v) is 14.4. The molecule has 11 aromatic rings. The van der Waals surface area contributed by atoms with Crippen LogP contribution in [0.2, 0.25) is 17.3 Å². The fraction of sp³-hybridized carbons (Fsp3) is 0.282. The standard InChI is InChI=1S/C51H44N3O.C20H26GeN.Ir/c1-32(33-16-11-12-17-33)44-29-27-40-39-24-15-25-41(48(39)55-50(40)53-44)49-52-45-28-26-36-22-13-14-23-38(36)47(45)54(49)46-42(34-18-7-5-8-19-34)30-37(51(2,3)4)31-43(46)35-20-9-6-10-21-35;1-21(2,3)19-13-14-20(22-15-19)18-11-9-17(10-12-18)16-7-5-4-6-8-16;/h5-10,13-15,18-24,26-33H,11-12,16-17H2,1-4H3;9-11,13-16H,4-8H2,1-3H3;/q2*-1;. The summed E-state index contributed by atoms with van der Waals surface area (Å²) in [4.78, 5) is 15.4. The molecule has 0 saturated heterocycles. The van der Waals surface area contributed by atoms with Crippen LogP contribution in [0.1, 0.15) is 114 Å². The first-order valence-corrected chi connectivity index (χ1v) is 35.6. The molecular weight excluding hydrogens is 1190 g/mol. The summed E-state index contributed by atoms with van der Waals surface area (Å²) in [6, 6.07) is 66.1.